The molecule has 306 valence electrons. The summed E-state index contributed by atoms with van der Waals surface area (Å²) in [6, 6.07) is 72.6. The van der Waals surface area contributed by atoms with Crippen LogP contribution in [0.3, 0.4) is 0 Å². The van der Waals surface area contributed by atoms with Gasteiger partial charge in [0.05, 0.1) is 0 Å². The van der Waals surface area contributed by atoms with E-state index in [-0.39, 0.29) is 10.8 Å². The van der Waals surface area contributed by atoms with Gasteiger partial charge >= 0.3 is 0 Å². The third-order valence-corrected chi connectivity index (χ3v) is 15.4. The van der Waals surface area contributed by atoms with Crippen LogP contribution in [0.4, 0.5) is 0 Å². The van der Waals surface area contributed by atoms with E-state index in [4.69, 9.17) is 4.42 Å². The van der Waals surface area contributed by atoms with Crippen molar-refractivity contribution >= 4 is 65.0 Å². The van der Waals surface area contributed by atoms with Crippen molar-refractivity contribution in [3.05, 3.63) is 216 Å². The molecule has 1 aromatic heterocycles. The van der Waals surface area contributed by atoms with Crippen molar-refractivity contribution in [1.29, 1.82) is 0 Å². The van der Waals surface area contributed by atoms with E-state index in [2.05, 4.69) is 222 Å². The molecule has 0 spiro atoms. The van der Waals surface area contributed by atoms with E-state index >= 15 is 0 Å². The first-order valence-electron chi connectivity index (χ1n) is 23.0. The van der Waals surface area contributed by atoms with Gasteiger partial charge in [-0.15, -0.1) is 0 Å². The topological polar surface area (TPSA) is 13.1 Å². The maximum atomic E-state index is 6.97. The Morgan fingerprint density at radius 1 is 0.292 bits per heavy atom. The second-order valence-corrected chi connectivity index (χ2v) is 19.5. The molecule has 65 heavy (non-hydrogen) atoms. The lowest BCUT2D eigenvalue weighted by Gasteiger charge is -2.25. The molecule has 0 saturated carbocycles. The first-order valence-corrected chi connectivity index (χ1v) is 23.0. The second-order valence-electron chi connectivity index (χ2n) is 19.5. The molecule has 1 heteroatoms. The van der Waals surface area contributed by atoms with Crippen molar-refractivity contribution < 1.29 is 4.42 Å². The minimum absolute atomic E-state index is 0.182. The summed E-state index contributed by atoms with van der Waals surface area (Å²) in [5.41, 5.74) is 19.8. The Bertz CT molecular complexity index is 4000. The first-order chi connectivity index (χ1) is 31.8. The van der Waals surface area contributed by atoms with Gasteiger partial charge in [0.2, 0.25) is 0 Å². The summed E-state index contributed by atoms with van der Waals surface area (Å²) in [5, 5.41) is 12.4. The highest BCUT2D eigenvalue weighted by molar-refractivity contribution is 6.24. The Labute approximate surface area is 378 Å². The molecule has 14 rings (SSSR count). The highest BCUT2D eigenvalue weighted by Gasteiger charge is 2.41. The van der Waals surface area contributed by atoms with E-state index in [1.807, 2.05) is 0 Å². The molecule has 0 fully saturated rings. The molecule has 0 atom stereocenters. The van der Waals surface area contributed by atoms with Crippen LogP contribution in [-0.2, 0) is 10.8 Å². The number of rotatable bonds is 3. The third-order valence-electron chi connectivity index (χ3n) is 15.4. The van der Waals surface area contributed by atoms with Gasteiger partial charge in [0.15, 0.2) is 0 Å². The maximum absolute atomic E-state index is 6.97. The van der Waals surface area contributed by atoms with Crippen LogP contribution >= 0.6 is 0 Å². The third kappa shape index (κ3) is 4.88. The lowest BCUT2D eigenvalue weighted by atomic mass is 9.77. The molecule has 2 aliphatic carbocycles. The van der Waals surface area contributed by atoms with Gasteiger partial charge in [-0.2, -0.15) is 0 Å². The molecule has 11 aromatic carbocycles. The predicted octanol–water partition coefficient (Wildman–Crippen LogP) is 17.8. The molecule has 0 saturated heterocycles. The van der Waals surface area contributed by atoms with E-state index in [1.165, 1.54) is 126 Å². The van der Waals surface area contributed by atoms with Gasteiger partial charge in [-0.3, -0.25) is 0 Å². The van der Waals surface area contributed by atoms with Crippen LogP contribution in [0.15, 0.2) is 199 Å². The Hall–Kier alpha value is -7.74. The van der Waals surface area contributed by atoms with Gasteiger partial charge in [-0.05, 0) is 134 Å². The van der Waals surface area contributed by atoms with E-state index in [0.29, 0.717) is 0 Å². The van der Waals surface area contributed by atoms with Gasteiger partial charge < -0.3 is 4.42 Å². The molecule has 0 N–H and O–H groups in total. The minimum atomic E-state index is -0.287. The fourth-order valence-corrected chi connectivity index (χ4v) is 12.5. The van der Waals surface area contributed by atoms with Crippen LogP contribution in [0.2, 0.25) is 0 Å². The van der Waals surface area contributed by atoms with Crippen LogP contribution in [0.5, 0.6) is 0 Å². The summed E-state index contributed by atoms with van der Waals surface area (Å²) in [5.74, 6) is 0. The molecule has 12 aromatic rings. The highest BCUT2D eigenvalue weighted by atomic mass is 16.3. The zero-order chi connectivity index (χ0) is 43.3. The number of hydrogen-bond donors (Lipinski definition) is 0. The number of fused-ring (bicyclic) bond motifs is 15. The van der Waals surface area contributed by atoms with E-state index in [9.17, 15) is 0 Å². The summed E-state index contributed by atoms with van der Waals surface area (Å²) in [6.07, 6.45) is 0. The molecule has 0 radical (unpaired) electrons. The SMILES string of the molecule is CC1(C)c2ccc(-c3cccc4c3C(C)(C)c3c-4ccc4c3oc3c5ccccc5ccc43)cc2-c2ccc(-c3c4ccccc4c(-c4cccc5ccccc45)c4ccccc34)cc21. The van der Waals surface area contributed by atoms with Crippen LogP contribution < -0.4 is 0 Å². The molecular formula is C64H44O. The molecule has 0 aliphatic heterocycles. The quantitative estimate of drug-likeness (QED) is 0.162. The average molecular weight is 829 g/mol. The van der Waals surface area contributed by atoms with Gasteiger partial charge in [-0.25, -0.2) is 0 Å². The fourth-order valence-electron chi connectivity index (χ4n) is 12.5. The molecule has 1 heterocycles. The molecule has 2 aliphatic rings. The van der Waals surface area contributed by atoms with Crippen LogP contribution in [0.25, 0.3) is 121 Å². The van der Waals surface area contributed by atoms with E-state index in [0.717, 1.165) is 16.6 Å². The summed E-state index contributed by atoms with van der Waals surface area (Å²) < 4.78 is 6.97. The van der Waals surface area contributed by atoms with Crippen LogP contribution in [0, 0.1) is 0 Å². The van der Waals surface area contributed by atoms with Gasteiger partial charge in [0.25, 0.3) is 0 Å². The zero-order valence-corrected chi connectivity index (χ0v) is 36.9. The van der Waals surface area contributed by atoms with Gasteiger partial charge in [0.1, 0.15) is 11.2 Å². The lowest BCUT2D eigenvalue weighted by molar-refractivity contribution is 0.622. The minimum Gasteiger partial charge on any atom is -0.455 e. The van der Waals surface area contributed by atoms with Crippen molar-refractivity contribution in [1.82, 2.24) is 0 Å². The average Bonchev–Trinajstić information content (AvgIpc) is 3.92. The number of furan rings is 1. The molecular weight excluding hydrogens is 785 g/mol. The van der Waals surface area contributed by atoms with Crippen molar-refractivity contribution in [3.8, 4) is 55.6 Å². The Balaban J connectivity index is 0.917. The van der Waals surface area contributed by atoms with Gasteiger partial charge in [0, 0.05) is 32.6 Å². The van der Waals surface area contributed by atoms with Crippen molar-refractivity contribution in [2.45, 2.75) is 38.5 Å². The Morgan fingerprint density at radius 3 is 1.58 bits per heavy atom. The van der Waals surface area contributed by atoms with Crippen LogP contribution in [0.1, 0.15) is 49.9 Å². The van der Waals surface area contributed by atoms with E-state index < -0.39 is 0 Å². The van der Waals surface area contributed by atoms with Crippen molar-refractivity contribution in [2.75, 3.05) is 0 Å². The van der Waals surface area contributed by atoms with Crippen molar-refractivity contribution in [2.24, 2.45) is 0 Å². The molecule has 0 unspecified atom stereocenters. The fraction of sp³-hybridized carbons (Fsp3) is 0.0938. The predicted molar refractivity (Wildman–Crippen MR) is 275 cm³/mol. The Kier molecular flexibility index (Phi) is 7.30. The monoisotopic (exact) mass is 828 g/mol. The molecule has 0 amide bonds. The standard InChI is InChI=1S/C64H44O/c1-63(2)55-34-29-39(42-24-14-26-50-51-32-33-53-52-31-27-38-16-6-8-19-43(38)61(52)65-62(53)60(51)64(3,4)59(42)50)35-54(55)44-30-28-40(36-56(44)63)57-46-20-9-11-22-48(46)58(49-23-12-10-21-47(49)57)45-25-13-17-37-15-5-7-18-41(37)45/h5-36H,1-4H3. The number of benzene rings is 11. The lowest BCUT2D eigenvalue weighted by Crippen LogP contribution is -2.17. The highest BCUT2D eigenvalue weighted by Crippen LogP contribution is 2.57. The van der Waals surface area contributed by atoms with Crippen LogP contribution in [-0.4, -0.2) is 0 Å². The first kappa shape index (κ1) is 36.7. The largest absolute Gasteiger partial charge is 0.455 e. The second kappa shape index (κ2) is 12.9. The maximum Gasteiger partial charge on any atom is 0.143 e. The van der Waals surface area contributed by atoms with Crippen molar-refractivity contribution in [3.63, 3.8) is 0 Å². The van der Waals surface area contributed by atoms with Gasteiger partial charge in [-0.1, -0.05) is 198 Å². The summed E-state index contributed by atoms with van der Waals surface area (Å²) in [6.45, 7) is 9.59. The number of hydrogen-bond acceptors (Lipinski definition) is 1. The van der Waals surface area contributed by atoms with E-state index in [1.54, 1.807) is 0 Å². The summed E-state index contributed by atoms with van der Waals surface area (Å²) in [4.78, 5) is 0. The Morgan fingerprint density at radius 2 is 0.831 bits per heavy atom. The normalized spacial score (nSPS) is 14.4. The summed E-state index contributed by atoms with van der Waals surface area (Å²) in [7, 11) is 0. The summed E-state index contributed by atoms with van der Waals surface area (Å²) >= 11 is 0. The smallest absolute Gasteiger partial charge is 0.143 e. The molecule has 1 nitrogen and oxygen atoms in total. The zero-order valence-electron chi connectivity index (χ0n) is 36.9. The molecule has 0 bridgehead atoms.